The summed E-state index contributed by atoms with van der Waals surface area (Å²) < 4.78 is 20.9. The molecule has 0 aliphatic carbocycles. The predicted octanol–water partition coefficient (Wildman–Crippen LogP) is 7.03. The second-order valence-electron chi connectivity index (χ2n) is 9.13. The maximum atomic E-state index is 14.0. The monoisotopic (exact) mass is 718 g/mol. The van der Waals surface area contributed by atoms with Gasteiger partial charge in [-0.1, -0.05) is 68.1 Å². The van der Waals surface area contributed by atoms with Crippen molar-refractivity contribution in [2.75, 3.05) is 13.7 Å². The highest BCUT2D eigenvalue weighted by atomic mass is 79.9. The van der Waals surface area contributed by atoms with Gasteiger partial charge in [-0.3, -0.25) is 9.36 Å². The Morgan fingerprint density at radius 1 is 1.17 bits per heavy atom. The first-order valence-electron chi connectivity index (χ1n) is 12.9. The molecule has 2 aromatic carbocycles. The number of nitrogens with zero attached hydrogens (tertiary/aromatic N) is 2. The molecule has 2 aromatic heterocycles. The topological polar surface area (TPSA) is 83.0 Å². The van der Waals surface area contributed by atoms with Gasteiger partial charge in [-0.15, -0.1) is 0 Å². The first kappa shape index (κ1) is 29.6. The molecule has 0 bridgehead atoms. The number of benzene rings is 2. The van der Waals surface area contributed by atoms with Gasteiger partial charge in [0.1, 0.15) is 23.3 Å². The Hall–Kier alpha value is -2.92. The summed E-state index contributed by atoms with van der Waals surface area (Å²) in [5.74, 6) is 1.11. The molecular weight excluding hydrogens is 696 g/mol. The molecule has 7 nitrogen and oxygen atoms in total. The van der Waals surface area contributed by atoms with Crippen LogP contribution in [0.1, 0.15) is 44.1 Å². The highest BCUT2D eigenvalue weighted by Gasteiger charge is 2.36. The van der Waals surface area contributed by atoms with E-state index in [9.17, 15) is 9.59 Å². The summed E-state index contributed by atoms with van der Waals surface area (Å²) >= 11 is 14.7. The van der Waals surface area contributed by atoms with Crippen LogP contribution in [0.2, 0.25) is 5.02 Å². The van der Waals surface area contributed by atoms with Gasteiger partial charge in [0.25, 0.3) is 5.56 Å². The van der Waals surface area contributed by atoms with Crippen LogP contribution in [0.4, 0.5) is 0 Å². The lowest BCUT2D eigenvalue weighted by atomic mass is 9.93. The van der Waals surface area contributed by atoms with Gasteiger partial charge in [-0.25, -0.2) is 9.79 Å². The Bertz CT molecular complexity index is 1860. The van der Waals surface area contributed by atoms with Crippen LogP contribution >= 0.6 is 54.8 Å². The number of carbonyl (C=O) groups is 1. The molecule has 1 atom stereocenters. The molecule has 1 aliphatic heterocycles. The highest BCUT2D eigenvalue weighted by molar-refractivity contribution is 9.11. The number of halogens is 3. The summed E-state index contributed by atoms with van der Waals surface area (Å²) in [5.41, 5.74) is 1.99. The molecule has 212 valence electrons. The van der Waals surface area contributed by atoms with Crippen LogP contribution in [0.25, 0.3) is 17.4 Å². The summed E-state index contributed by atoms with van der Waals surface area (Å²) in [6, 6.07) is 13.8. The van der Waals surface area contributed by atoms with E-state index in [0.717, 1.165) is 20.9 Å². The Morgan fingerprint density at radius 2 is 1.98 bits per heavy atom. The first-order valence-corrected chi connectivity index (χ1v) is 15.6. The third kappa shape index (κ3) is 5.88. The molecule has 4 aromatic rings. The number of aromatic nitrogens is 1. The van der Waals surface area contributed by atoms with Crippen LogP contribution in [0.15, 0.2) is 83.0 Å². The fraction of sp³-hybridized carbons (Fsp3) is 0.233. The number of ether oxygens (including phenoxy) is 2. The van der Waals surface area contributed by atoms with Gasteiger partial charge in [-0.05, 0) is 61.9 Å². The number of allylic oxidation sites excluding steroid dienone is 1. The van der Waals surface area contributed by atoms with Crippen LogP contribution in [0.5, 0.6) is 5.75 Å². The Morgan fingerprint density at radius 3 is 2.71 bits per heavy atom. The zero-order chi connectivity index (χ0) is 29.3. The Balaban J connectivity index is 1.72. The number of hydrogen-bond acceptors (Lipinski definition) is 7. The van der Waals surface area contributed by atoms with E-state index in [0.29, 0.717) is 54.9 Å². The van der Waals surface area contributed by atoms with Crippen molar-refractivity contribution in [1.29, 1.82) is 0 Å². The van der Waals surface area contributed by atoms with E-state index in [2.05, 4.69) is 31.9 Å². The molecule has 11 heteroatoms. The number of hydrogen-bond donors (Lipinski definition) is 0. The standard InChI is InChI=1S/C30H25Br2ClN2O5S/c1-4-6-22-26(29(37)39-5-2)27(20-14-17(33)8-11-23(20)38-3)35-28(36)25(41-30(35)34-22)15-18-9-12-24(40-18)19-13-16(31)7-10-21(19)32/h7-15,27H,4-6H2,1-3H3/b25-15-/t27-/m0/s1. The van der Waals surface area contributed by atoms with E-state index < -0.39 is 12.0 Å². The van der Waals surface area contributed by atoms with Gasteiger partial charge in [0, 0.05) is 31.2 Å². The van der Waals surface area contributed by atoms with Crippen LogP contribution in [-0.2, 0) is 9.53 Å². The number of furan rings is 1. The van der Waals surface area contributed by atoms with Crippen LogP contribution in [0.3, 0.4) is 0 Å². The summed E-state index contributed by atoms with van der Waals surface area (Å²) in [6.07, 6.45) is 2.97. The SMILES string of the molecule is CCCC1=C(C(=O)OCC)[C@H](c2cc(Cl)ccc2OC)n2c(s/c(=C\c3ccc(-c4cc(Br)ccc4Br)o3)c2=O)=N1. The van der Waals surface area contributed by atoms with Crippen molar-refractivity contribution in [2.45, 2.75) is 32.7 Å². The summed E-state index contributed by atoms with van der Waals surface area (Å²) in [6.45, 7) is 3.93. The van der Waals surface area contributed by atoms with Crippen molar-refractivity contribution in [2.24, 2.45) is 4.99 Å². The minimum atomic E-state index is -0.840. The average molecular weight is 721 g/mol. The molecular formula is C30H25Br2ClN2O5S. The van der Waals surface area contributed by atoms with Gasteiger partial charge < -0.3 is 13.9 Å². The van der Waals surface area contributed by atoms with Gasteiger partial charge in [0.15, 0.2) is 4.80 Å². The first-order chi connectivity index (χ1) is 19.7. The van der Waals surface area contributed by atoms with Crippen LogP contribution in [0, 0.1) is 0 Å². The van der Waals surface area contributed by atoms with Crippen molar-refractivity contribution in [1.82, 2.24) is 4.57 Å². The Kier molecular flexibility index (Phi) is 9.03. The fourth-order valence-corrected chi connectivity index (χ4v) is 6.71. The van der Waals surface area contributed by atoms with Gasteiger partial charge >= 0.3 is 5.97 Å². The minimum absolute atomic E-state index is 0.181. The van der Waals surface area contributed by atoms with Gasteiger partial charge in [-0.2, -0.15) is 0 Å². The molecule has 1 aliphatic rings. The van der Waals surface area contributed by atoms with Gasteiger partial charge in [0.2, 0.25) is 0 Å². The Labute approximate surface area is 262 Å². The smallest absolute Gasteiger partial charge is 0.338 e. The molecule has 5 rings (SSSR count). The molecule has 3 heterocycles. The molecule has 0 amide bonds. The van der Waals surface area contributed by atoms with Crippen LogP contribution in [-0.4, -0.2) is 24.3 Å². The third-order valence-electron chi connectivity index (χ3n) is 6.47. The number of thiazole rings is 1. The molecule has 0 radical (unpaired) electrons. The largest absolute Gasteiger partial charge is 0.496 e. The van der Waals surface area contributed by atoms with E-state index in [1.165, 1.54) is 23.0 Å². The normalized spacial score (nSPS) is 15.1. The molecule has 0 unspecified atom stereocenters. The average Bonchev–Trinajstić information content (AvgIpc) is 3.53. The number of esters is 1. The number of fused-ring (bicyclic) bond motifs is 1. The lowest BCUT2D eigenvalue weighted by Gasteiger charge is -2.27. The fourth-order valence-electron chi connectivity index (χ4n) is 4.72. The van der Waals surface area contributed by atoms with E-state index in [1.54, 1.807) is 31.2 Å². The van der Waals surface area contributed by atoms with Crippen molar-refractivity contribution < 1.29 is 18.7 Å². The zero-order valence-electron chi connectivity index (χ0n) is 22.4. The van der Waals surface area contributed by atoms with E-state index in [4.69, 9.17) is 30.5 Å². The highest BCUT2D eigenvalue weighted by Crippen LogP contribution is 2.38. The van der Waals surface area contributed by atoms with E-state index in [-0.39, 0.29) is 12.2 Å². The number of rotatable bonds is 8. The predicted molar refractivity (Wildman–Crippen MR) is 167 cm³/mol. The maximum Gasteiger partial charge on any atom is 0.338 e. The molecule has 0 N–H and O–H groups in total. The molecule has 41 heavy (non-hydrogen) atoms. The summed E-state index contributed by atoms with van der Waals surface area (Å²) in [4.78, 5) is 32.7. The number of carbonyl (C=O) groups excluding carboxylic acids is 1. The van der Waals surface area contributed by atoms with E-state index >= 15 is 0 Å². The second kappa shape index (κ2) is 12.5. The van der Waals surface area contributed by atoms with Crippen LogP contribution < -0.4 is 19.6 Å². The number of methoxy groups -OCH3 is 1. The lowest BCUT2D eigenvalue weighted by molar-refractivity contribution is -0.139. The summed E-state index contributed by atoms with van der Waals surface area (Å²) in [7, 11) is 1.54. The van der Waals surface area contributed by atoms with Crippen molar-refractivity contribution in [3.05, 3.63) is 105 Å². The molecule has 0 saturated heterocycles. The lowest BCUT2D eigenvalue weighted by Crippen LogP contribution is -2.40. The minimum Gasteiger partial charge on any atom is -0.496 e. The molecule has 0 saturated carbocycles. The molecule has 0 spiro atoms. The molecule has 0 fully saturated rings. The zero-order valence-corrected chi connectivity index (χ0v) is 27.1. The maximum absolute atomic E-state index is 14.0. The van der Waals surface area contributed by atoms with Crippen molar-refractivity contribution in [3.63, 3.8) is 0 Å². The summed E-state index contributed by atoms with van der Waals surface area (Å²) in [5, 5.41) is 0.446. The van der Waals surface area contributed by atoms with Crippen molar-refractivity contribution in [3.8, 4) is 17.1 Å². The van der Waals surface area contributed by atoms with Gasteiger partial charge in [0.05, 0.1) is 29.5 Å². The van der Waals surface area contributed by atoms with Crippen molar-refractivity contribution >= 4 is 66.8 Å². The van der Waals surface area contributed by atoms with E-state index in [1.807, 2.05) is 37.3 Å². The third-order valence-corrected chi connectivity index (χ3v) is 8.88. The second-order valence-corrected chi connectivity index (χ2v) is 12.3. The quantitative estimate of drug-likeness (QED) is 0.183.